The number of benzene rings is 5. The van der Waals surface area contributed by atoms with Crippen LogP contribution in [-0.4, -0.2) is 36.4 Å². The van der Waals surface area contributed by atoms with Gasteiger partial charge in [0.05, 0.1) is 48.1 Å². The van der Waals surface area contributed by atoms with E-state index in [-0.39, 0.29) is 11.1 Å². The van der Waals surface area contributed by atoms with Crippen LogP contribution in [0, 0.1) is 6.92 Å². The number of nitrogens with one attached hydrogen (secondary N) is 2. The van der Waals surface area contributed by atoms with E-state index in [0.717, 1.165) is 27.8 Å². The summed E-state index contributed by atoms with van der Waals surface area (Å²) < 4.78 is 11.5. The zero-order chi connectivity index (χ0) is 31.4. The lowest BCUT2D eigenvalue weighted by Crippen LogP contribution is -2.04. The number of methoxy groups -OCH3 is 2. The number of para-hydroxylation sites is 2. The van der Waals surface area contributed by atoms with Crippen LogP contribution in [0.5, 0.6) is 11.5 Å². The fourth-order valence-corrected chi connectivity index (χ4v) is 5.04. The average molecular weight is 590 g/mol. The number of carboxylic acid groups (broad SMARTS) is 2. The van der Waals surface area contributed by atoms with E-state index in [1.807, 2.05) is 55.5 Å². The molecule has 0 aromatic heterocycles. The molecule has 0 spiro atoms. The molecule has 0 heterocycles. The maximum Gasteiger partial charge on any atom is 0.337 e. The Morgan fingerprint density at radius 1 is 0.614 bits per heavy atom. The Morgan fingerprint density at radius 2 is 1.18 bits per heavy atom. The summed E-state index contributed by atoms with van der Waals surface area (Å²) in [5.41, 5.74) is 13.4. The number of hydrogen-bond donors (Lipinski definition) is 5. The molecular formula is C35H31N3O6. The molecule has 0 amide bonds. The lowest BCUT2D eigenvalue weighted by molar-refractivity contribution is 0.0687. The summed E-state index contributed by atoms with van der Waals surface area (Å²) in [7, 11) is 3.08. The van der Waals surface area contributed by atoms with Gasteiger partial charge in [0.2, 0.25) is 0 Å². The third-order valence-corrected chi connectivity index (χ3v) is 7.20. The van der Waals surface area contributed by atoms with Crippen LogP contribution in [0.25, 0.3) is 22.3 Å². The highest BCUT2D eigenvalue weighted by Crippen LogP contribution is 2.44. The van der Waals surface area contributed by atoms with E-state index < -0.39 is 11.9 Å². The van der Waals surface area contributed by atoms with Crippen molar-refractivity contribution < 1.29 is 29.3 Å². The second-order valence-electron chi connectivity index (χ2n) is 10.1. The maximum atomic E-state index is 11.9. The number of anilines is 5. The summed E-state index contributed by atoms with van der Waals surface area (Å²) >= 11 is 0. The summed E-state index contributed by atoms with van der Waals surface area (Å²) in [6.45, 7) is 1.96. The Morgan fingerprint density at radius 3 is 1.75 bits per heavy atom. The number of aromatic carboxylic acids is 2. The van der Waals surface area contributed by atoms with Crippen molar-refractivity contribution in [1.29, 1.82) is 0 Å². The number of aryl methyl sites for hydroxylation is 1. The molecule has 0 fully saturated rings. The first kappa shape index (κ1) is 29.5. The van der Waals surface area contributed by atoms with Crippen molar-refractivity contribution in [3.8, 4) is 33.8 Å². The minimum Gasteiger partial charge on any atom is -0.495 e. The first-order valence-electron chi connectivity index (χ1n) is 13.7. The highest BCUT2D eigenvalue weighted by atomic mass is 16.5. The SMILES string of the molecule is COc1cc(-c2cc(OC)c(Nc3ccccc3C(=O)O)cc2-c2ccc(C)cc2N)ccc1Nc1ccccc1C(=O)O. The van der Waals surface area contributed by atoms with Crippen LogP contribution in [0.15, 0.2) is 97.1 Å². The largest absolute Gasteiger partial charge is 0.495 e. The zero-order valence-corrected chi connectivity index (χ0v) is 24.3. The maximum absolute atomic E-state index is 11.9. The second kappa shape index (κ2) is 12.5. The van der Waals surface area contributed by atoms with E-state index in [0.29, 0.717) is 39.9 Å². The summed E-state index contributed by atoms with van der Waals surface area (Å²) in [4.78, 5) is 23.6. The van der Waals surface area contributed by atoms with Gasteiger partial charge < -0.3 is 36.1 Å². The Bertz CT molecular complexity index is 1890. The standard InChI is InChI=1S/C35H31N3O6/c1-20-12-14-22(27(36)16-20)26-18-31(38-29-11-7-5-9-24(29)35(41)42)33(44-3)19-25(26)21-13-15-30(32(17-21)43-2)37-28-10-6-4-8-23(28)34(39)40/h4-19,37-38H,36H2,1-3H3,(H,39,40)(H,41,42). The first-order chi connectivity index (χ1) is 21.2. The van der Waals surface area contributed by atoms with Gasteiger partial charge in [0.1, 0.15) is 11.5 Å². The van der Waals surface area contributed by atoms with Gasteiger partial charge in [0.25, 0.3) is 0 Å². The monoisotopic (exact) mass is 589 g/mol. The van der Waals surface area contributed by atoms with Gasteiger partial charge in [-0.15, -0.1) is 0 Å². The van der Waals surface area contributed by atoms with E-state index in [9.17, 15) is 19.8 Å². The highest BCUT2D eigenvalue weighted by molar-refractivity contribution is 5.98. The van der Waals surface area contributed by atoms with Gasteiger partial charge in [-0.3, -0.25) is 0 Å². The summed E-state index contributed by atoms with van der Waals surface area (Å²) in [6.07, 6.45) is 0. The minimum atomic E-state index is -1.06. The summed E-state index contributed by atoms with van der Waals surface area (Å²) in [5, 5.41) is 25.8. The molecule has 222 valence electrons. The number of nitrogen functional groups attached to an aromatic ring is 1. The molecule has 0 aliphatic heterocycles. The van der Waals surface area contributed by atoms with Crippen LogP contribution in [-0.2, 0) is 0 Å². The van der Waals surface area contributed by atoms with Crippen molar-refractivity contribution in [2.75, 3.05) is 30.6 Å². The Hall–Kier alpha value is -5.96. The number of ether oxygens (including phenoxy) is 2. The van der Waals surface area contributed by atoms with Crippen LogP contribution in [0.4, 0.5) is 28.4 Å². The molecule has 44 heavy (non-hydrogen) atoms. The molecule has 0 saturated carbocycles. The fraction of sp³-hybridized carbons (Fsp3) is 0.0857. The van der Waals surface area contributed by atoms with Crippen LogP contribution >= 0.6 is 0 Å². The smallest absolute Gasteiger partial charge is 0.337 e. The molecule has 0 aliphatic rings. The lowest BCUT2D eigenvalue weighted by atomic mass is 9.91. The quantitative estimate of drug-likeness (QED) is 0.103. The number of nitrogens with two attached hydrogens (primary N) is 1. The third-order valence-electron chi connectivity index (χ3n) is 7.20. The highest BCUT2D eigenvalue weighted by Gasteiger charge is 2.19. The zero-order valence-electron chi connectivity index (χ0n) is 24.3. The molecule has 0 saturated heterocycles. The first-order valence-corrected chi connectivity index (χ1v) is 13.7. The van der Waals surface area contributed by atoms with Gasteiger partial charge in [-0.2, -0.15) is 0 Å². The van der Waals surface area contributed by atoms with Gasteiger partial charge in [0.15, 0.2) is 0 Å². The van der Waals surface area contributed by atoms with Gasteiger partial charge in [-0.05, 0) is 83.8 Å². The third kappa shape index (κ3) is 5.98. The van der Waals surface area contributed by atoms with Crippen molar-refractivity contribution in [2.45, 2.75) is 6.92 Å². The Labute approximate surface area is 254 Å². The predicted octanol–water partition coefficient (Wildman–Crippen LogP) is 7.81. The molecule has 5 aromatic carbocycles. The molecular weight excluding hydrogens is 558 g/mol. The van der Waals surface area contributed by atoms with Crippen LogP contribution in [0.1, 0.15) is 26.3 Å². The van der Waals surface area contributed by atoms with E-state index in [1.165, 1.54) is 12.1 Å². The van der Waals surface area contributed by atoms with E-state index in [4.69, 9.17) is 15.2 Å². The molecule has 0 unspecified atom stereocenters. The predicted molar refractivity (Wildman–Crippen MR) is 173 cm³/mol. The van der Waals surface area contributed by atoms with Gasteiger partial charge in [-0.25, -0.2) is 9.59 Å². The van der Waals surface area contributed by atoms with Gasteiger partial charge >= 0.3 is 11.9 Å². The van der Waals surface area contributed by atoms with Crippen LogP contribution in [0.2, 0.25) is 0 Å². The molecule has 6 N–H and O–H groups in total. The number of carbonyl (C=O) groups is 2. The molecule has 5 aromatic rings. The summed E-state index contributed by atoms with van der Waals surface area (Å²) in [5.74, 6) is -1.14. The van der Waals surface area contributed by atoms with Crippen molar-refractivity contribution >= 4 is 40.4 Å². The van der Waals surface area contributed by atoms with Crippen LogP contribution in [0.3, 0.4) is 0 Å². The van der Waals surface area contributed by atoms with Crippen molar-refractivity contribution in [3.63, 3.8) is 0 Å². The van der Waals surface area contributed by atoms with Crippen molar-refractivity contribution in [1.82, 2.24) is 0 Å². The number of hydrogen-bond acceptors (Lipinski definition) is 7. The van der Waals surface area contributed by atoms with Gasteiger partial charge in [-0.1, -0.05) is 42.5 Å². The normalized spacial score (nSPS) is 10.6. The molecule has 9 heteroatoms. The second-order valence-corrected chi connectivity index (χ2v) is 10.1. The fourth-order valence-electron chi connectivity index (χ4n) is 5.04. The number of rotatable bonds is 10. The minimum absolute atomic E-state index is 0.118. The lowest BCUT2D eigenvalue weighted by Gasteiger charge is -2.20. The molecule has 0 radical (unpaired) electrons. The average Bonchev–Trinajstić information content (AvgIpc) is 3.01. The van der Waals surface area contributed by atoms with E-state index in [1.54, 1.807) is 50.6 Å². The molecule has 5 rings (SSSR count). The summed E-state index contributed by atoms with van der Waals surface area (Å²) in [6, 6.07) is 28.4. The molecule has 0 atom stereocenters. The topological polar surface area (TPSA) is 143 Å². The van der Waals surface area contributed by atoms with E-state index >= 15 is 0 Å². The van der Waals surface area contributed by atoms with Crippen molar-refractivity contribution in [3.05, 3.63) is 114 Å². The van der Waals surface area contributed by atoms with Crippen molar-refractivity contribution in [2.24, 2.45) is 0 Å². The Kier molecular flexibility index (Phi) is 8.39. The van der Waals surface area contributed by atoms with Crippen LogP contribution < -0.4 is 25.8 Å². The Balaban J connectivity index is 1.66. The molecule has 0 aliphatic carbocycles. The molecule has 9 nitrogen and oxygen atoms in total. The van der Waals surface area contributed by atoms with E-state index in [2.05, 4.69) is 10.6 Å². The number of carboxylic acids is 2. The van der Waals surface area contributed by atoms with Gasteiger partial charge in [0, 0.05) is 11.3 Å². The molecule has 0 bridgehead atoms.